The summed E-state index contributed by atoms with van der Waals surface area (Å²) in [7, 11) is 0. The van der Waals surface area contributed by atoms with Crippen LogP contribution in [0.2, 0.25) is 0 Å². The van der Waals surface area contributed by atoms with E-state index in [2.05, 4.69) is 48.5 Å². The number of nitrogens with zero attached hydrogens (tertiary/aromatic N) is 8. The molecule has 1 saturated carbocycles. The van der Waals surface area contributed by atoms with E-state index in [9.17, 15) is 19.5 Å². The number of nitrogens with one attached hydrogen (secondary N) is 2. The van der Waals surface area contributed by atoms with Crippen LogP contribution in [0, 0.1) is 17.7 Å². The van der Waals surface area contributed by atoms with Crippen LogP contribution in [-0.4, -0.2) is 108 Å². The maximum atomic E-state index is 15.1. The van der Waals surface area contributed by atoms with E-state index in [4.69, 9.17) is 4.98 Å². The quantitative estimate of drug-likeness (QED) is 0.147. The van der Waals surface area contributed by atoms with Gasteiger partial charge < -0.3 is 25.1 Å². The van der Waals surface area contributed by atoms with Gasteiger partial charge in [0, 0.05) is 63.0 Å². The van der Waals surface area contributed by atoms with Crippen molar-refractivity contribution in [2.24, 2.45) is 11.8 Å². The zero-order valence-corrected chi connectivity index (χ0v) is 37.0. The van der Waals surface area contributed by atoms with Crippen LogP contribution in [0.5, 0.6) is 0 Å². The SMILES string of the molecule is C[C@@H]1CCCCn2ncc(-c3nc(Nc4ccc(C5CCN(CC6CCC(CN7CCC(O)(c8ccc9c(c8)CN(C8CCC(=O)NC8=O)C9=O)CC7)CC6)CC5)cn4)ncc3F)c21. The minimum atomic E-state index is -0.940. The maximum absolute atomic E-state index is 15.1. The molecule has 3 amide bonds. The summed E-state index contributed by atoms with van der Waals surface area (Å²) in [5, 5.41) is 21.9. The summed E-state index contributed by atoms with van der Waals surface area (Å²) in [6.45, 7) is 9.49. The number of rotatable bonds is 10. The molecule has 1 unspecified atom stereocenters. The van der Waals surface area contributed by atoms with Gasteiger partial charge in [-0.05, 0) is 136 Å². The average Bonchev–Trinajstić information content (AvgIpc) is 3.82. The van der Waals surface area contributed by atoms with Crippen molar-refractivity contribution in [2.75, 3.05) is 44.6 Å². The first-order chi connectivity index (χ1) is 31.1. The first-order valence-corrected chi connectivity index (χ1v) is 23.8. The summed E-state index contributed by atoms with van der Waals surface area (Å²) in [4.78, 5) is 57.6. The van der Waals surface area contributed by atoms with Crippen molar-refractivity contribution in [3.8, 4) is 11.3 Å². The first-order valence-electron chi connectivity index (χ1n) is 23.8. The second-order valence-corrected chi connectivity index (χ2v) is 19.6. The smallest absolute Gasteiger partial charge is 0.255 e. The maximum Gasteiger partial charge on any atom is 0.255 e. The van der Waals surface area contributed by atoms with Gasteiger partial charge in [0.15, 0.2) is 5.82 Å². The molecule has 3 N–H and O–H groups in total. The molecule has 3 saturated heterocycles. The van der Waals surface area contributed by atoms with Crippen LogP contribution in [0.4, 0.5) is 16.2 Å². The molecule has 4 fully saturated rings. The van der Waals surface area contributed by atoms with Crippen LogP contribution >= 0.6 is 0 Å². The summed E-state index contributed by atoms with van der Waals surface area (Å²) >= 11 is 0. The lowest BCUT2D eigenvalue weighted by Gasteiger charge is -2.41. The number of hydrogen-bond donors (Lipinski definition) is 3. The molecule has 4 aromatic rings. The standard InChI is InChI=1S/C49H61FN10O4/c1-31-4-2-3-19-60-45(31)39(26-53-60)44-40(50)27-52-48(56-44)54-42-13-9-35(25-51-42)34-15-20-57(21-16-34)28-32-5-7-33(8-6-32)29-58-22-17-49(64,18-23-58)37-10-11-38-36(24-37)30-59(47(38)63)41-12-14-43(61)55-46(41)62/h9-11,13,24-27,31-34,41,64H,2-8,12,14-23,28-30H2,1H3,(H,55,61,62)(H,51,52,54,56)/t31-,32?,33?,41?/m1/s1. The Balaban J connectivity index is 0.650. The van der Waals surface area contributed by atoms with E-state index in [-0.39, 0.29) is 29.8 Å². The Hall–Kier alpha value is -5.12. The van der Waals surface area contributed by atoms with Crippen molar-refractivity contribution in [1.82, 2.24) is 44.7 Å². The van der Waals surface area contributed by atoms with E-state index >= 15 is 4.39 Å². The molecule has 5 aliphatic heterocycles. The van der Waals surface area contributed by atoms with Gasteiger partial charge >= 0.3 is 0 Å². The number of pyridine rings is 1. The Morgan fingerprint density at radius 3 is 2.30 bits per heavy atom. The fourth-order valence-electron chi connectivity index (χ4n) is 11.6. The summed E-state index contributed by atoms with van der Waals surface area (Å²) < 4.78 is 17.1. The Morgan fingerprint density at radius 2 is 1.58 bits per heavy atom. The van der Waals surface area contributed by atoms with Crippen molar-refractivity contribution in [1.29, 1.82) is 0 Å². The van der Waals surface area contributed by atoms with Gasteiger partial charge in [0.2, 0.25) is 17.8 Å². The van der Waals surface area contributed by atoms with Crippen molar-refractivity contribution >= 4 is 29.5 Å². The highest BCUT2D eigenvalue weighted by molar-refractivity contribution is 6.05. The van der Waals surface area contributed by atoms with Gasteiger partial charge in [-0.2, -0.15) is 5.10 Å². The molecule has 0 spiro atoms. The number of hydrogen-bond acceptors (Lipinski definition) is 11. The topological polar surface area (TPSA) is 162 Å². The van der Waals surface area contributed by atoms with Crippen LogP contribution in [0.15, 0.2) is 48.9 Å². The molecule has 0 bridgehead atoms. The number of carbonyl (C=O) groups is 3. The predicted molar refractivity (Wildman–Crippen MR) is 239 cm³/mol. The molecule has 2 atom stereocenters. The van der Waals surface area contributed by atoms with Crippen molar-refractivity contribution in [3.05, 3.63) is 82.7 Å². The van der Waals surface area contributed by atoms with E-state index < -0.39 is 23.4 Å². The Kier molecular flexibility index (Phi) is 12.1. The average molecular weight is 873 g/mol. The summed E-state index contributed by atoms with van der Waals surface area (Å²) in [6.07, 6.45) is 17.4. The molecule has 10 rings (SSSR count). The highest BCUT2D eigenvalue weighted by Crippen LogP contribution is 2.39. The highest BCUT2D eigenvalue weighted by Gasteiger charge is 2.41. The number of benzene rings is 1. The van der Waals surface area contributed by atoms with Gasteiger partial charge in [-0.1, -0.05) is 31.5 Å². The minimum absolute atomic E-state index is 0.187. The third kappa shape index (κ3) is 8.82. The molecule has 6 aliphatic rings. The van der Waals surface area contributed by atoms with Crippen molar-refractivity contribution < 1.29 is 23.9 Å². The summed E-state index contributed by atoms with van der Waals surface area (Å²) in [6, 6.07) is 9.13. The third-order valence-electron chi connectivity index (χ3n) is 15.4. The third-order valence-corrected chi connectivity index (χ3v) is 15.4. The number of amides is 3. The van der Waals surface area contributed by atoms with Crippen molar-refractivity contribution in [2.45, 2.75) is 127 Å². The van der Waals surface area contributed by atoms with Gasteiger partial charge in [-0.15, -0.1) is 0 Å². The van der Waals surface area contributed by atoms with Gasteiger partial charge in [0.25, 0.3) is 5.91 Å². The fourth-order valence-corrected chi connectivity index (χ4v) is 11.6. The molecule has 1 aliphatic carbocycles. The van der Waals surface area contributed by atoms with E-state index in [1.165, 1.54) is 44.0 Å². The molecule has 15 heteroatoms. The monoisotopic (exact) mass is 872 g/mol. The van der Waals surface area contributed by atoms with Crippen LogP contribution in [0.25, 0.3) is 11.3 Å². The van der Waals surface area contributed by atoms with E-state index in [1.807, 2.05) is 29.1 Å². The number of halogens is 1. The highest BCUT2D eigenvalue weighted by atomic mass is 19.1. The largest absolute Gasteiger partial charge is 0.385 e. The molecule has 8 heterocycles. The first kappa shape index (κ1) is 42.8. The number of aromatic nitrogens is 5. The molecular weight excluding hydrogens is 812 g/mol. The minimum Gasteiger partial charge on any atom is -0.385 e. The molecule has 0 radical (unpaired) electrons. The second kappa shape index (κ2) is 18.0. The molecule has 1 aromatic carbocycles. The Labute approximate surface area is 374 Å². The zero-order chi connectivity index (χ0) is 44.0. The number of carbonyl (C=O) groups excluding carboxylic acids is 3. The van der Waals surface area contributed by atoms with Gasteiger partial charge in [0.1, 0.15) is 17.6 Å². The lowest BCUT2D eigenvalue weighted by Crippen LogP contribution is -2.52. The molecular formula is C49H61FN10O4. The molecule has 14 nitrogen and oxygen atoms in total. The number of anilines is 2. The number of fused-ring (bicyclic) bond motifs is 2. The second-order valence-electron chi connectivity index (χ2n) is 19.6. The zero-order valence-electron chi connectivity index (χ0n) is 37.0. The number of likely N-dealkylation sites (tertiary alicyclic amines) is 2. The van der Waals surface area contributed by atoms with E-state index in [0.717, 1.165) is 99.7 Å². The van der Waals surface area contributed by atoms with Crippen LogP contribution in [0.1, 0.15) is 135 Å². The Bertz CT molecular complexity index is 2360. The van der Waals surface area contributed by atoms with E-state index in [0.29, 0.717) is 55.0 Å². The van der Waals surface area contributed by atoms with E-state index in [1.54, 1.807) is 17.2 Å². The molecule has 338 valence electrons. The number of aliphatic hydroxyl groups is 1. The van der Waals surface area contributed by atoms with Crippen LogP contribution in [0.3, 0.4) is 0 Å². The summed E-state index contributed by atoms with van der Waals surface area (Å²) in [5.74, 6) is 1.79. The Morgan fingerprint density at radius 1 is 0.828 bits per heavy atom. The number of imide groups is 1. The van der Waals surface area contributed by atoms with Crippen molar-refractivity contribution in [3.63, 3.8) is 0 Å². The molecule has 64 heavy (non-hydrogen) atoms. The fraction of sp³-hybridized carbons (Fsp3) is 0.571. The van der Waals surface area contributed by atoms with Gasteiger partial charge in [0.05, 0.1) is 23.7 Å². The normalized spacial score (nSPS) is 25.7. The van der Waals surface area contributed by atoms with Gasteiger partial charge in [-0.25, -0.2) is 19.3 Å². The number of piperidine rings is 3. The van der Waals surface area contributed by atoms with Gasteiger partial charge in [-0.3, -0.25) is 24.4 Å². The predicted octanol–water partition coefficient (Wildman–Crippen LogP) is 6.64. The number of aryl methyl sites for hydroxylation is 1. The summed E-state index contributed by atoms with van der Waals surface area (Å²) in [5.41, 5.74) is 4.63. The van der Waals surface area contributed by atoms with Crippen LogP contribution in [-0.2, 0) is 28.3 Å². The molecule has 3 aromatic heterocycles. The lowest BCUT2D eigenvalue weighted by atomic mass is 9.80. The van der Waals surface area contributed by atoms with Crippen LogP contribution < -0.4 is 10.6 Å². The lowest BCUT2D eigenvalue weighted by molar-refractivity contribution is -0.136.